The van der Waals surface area contributed by atoms with E-state index in [4.69, 9.17) is 10.9 Å². The minimum Gasteiger partial charge on any atom is -0.409 e. The van der Waals surface area contributed by atoms with Crippen LogP contribution in [-0.4, -0.2) is 16.0 Å². The zero-order valence-corrected chi connectivity index (χ0v) is 15.6. The van der Waals surface area contributed by atoms with Crippen molar-refractivity contribution in [1.82, 2.24) is 4.98 Å². The second kappa shape index (κ2) is 7.42. The van der Waals surface area contributed by atoms with Gasteiger partial charge in [0, 0.05) is 28.9 Å². The SMILES string of the molecule is N/C(=N\O)c1cc(C(F)(F)F)cc(-c2ccc3cc[nH]c3c2)c1-c1cc(F)cc(F)c1. The van der Waals surface area contributed by atoms with Crippen molar-refractivity contribution in [2.75, 3.05) is 0 Å². The lowest BCUT2D eigenvalue weighted by atomic mass is 9.87. The van der Waals surface area contributed by atoms with Gasteiger partial charge in [0.25, 0.3) is 0 Å². The lowest BCUT2D eigenvalue weighted by molar-refractivity contribution is -0.137. The monoisotopic (exact) mass is 431 g/mol. The Hall–Kier alpha value is -3.88. The third-order valence-electron chi connectivity index (χ3n) is 4.87. The number of aromatic amines is 1. The van der Waals surface area contributed by atoms with Crippen LogP contribution in [0.2, 0.25) is 0 Å². The molecular weight excluding hydrogens is 417 g/mol. The topological polar surface area (TPSA) is 74.4 Å². The molecule has 0 spiro atoms. The summed E-state index contributed by atoms with van der Waals surface area (Å²) >= 11 is 0. The summed E-state index contributed by atoms with van der Waals surface area (Å²) in [5, 5.41) is 12.8. The van der Waals surface area contributed by atoms with Crippen LogP contribution in [0.5, 0.6) is 0 Å². The molecule has 4 rings (SSSR count). The van der Waals surface area contributed by atoms with Gasteiger partial charge in [-0.25, -0.2) is 8.78 Å². The quantitative estimate of drug-likeness (QED) is 0.124. The zero-order chi connectivity index (χ0) is 22.3. The highest BCUT2D eigenvalue weighted by Crippen LogP contribution is 2.41. The third kappa shape index (κ3) is 3.81. The van der Waals surface area contributed by atoms with E-state index in [0.717, 1.165) is 23.6 Å². The number of rotatable bonds is 3. The fourth-order valence-corrected chi connectivity index (χ4v) is 3.51. The van der Waals surface area contributed by atoms with Crippen LogP contribution in [0.1, 0.15) is 11.1 Å². The van der Waals surface area contributed by atoms with E-state index >= 15 is 0 Å². The number of hydrogen-bond donors (Lipinski definition) is 3. The number of nitrogens with two attached hydrogens (primary N) is 1. The third-order valence-corrected chi connectivity index (χ3v) is 4.87. The van der Waals surface area contributed by atoms with Crippen LogP contribution in [0, 0.1) is 11.6 Å². The molecule has 0 atom stereocenters. The molecule has 4 nitrogen and oxygen atoms in total. The number of amidine groups is 1. The van der Waals surface area contributed by atoms with E-state index in [1.807, 2.05) is 0 Å². The van der Waals surface area contributed by atoms with Crippen molar-refractivity contribution >= 4 is 16.7 Å². The highest BCUT2D eigenvalue weighted by atomic mass is 19.4. The number of nitrogens with one attached hydrogen (secondary N) is 1. The average molecular weight is 431 g/mol. The second-order valence-electron chi connectivity index (χ2n) is 6.87. The summed E-state index contributed by atoms with van der Waals surface area (Å²) in [6.45, 7) is 0. The molecule has 0 aliphatic heterocycles. The Morgan fingerprint density at radius 1 is 0.903 bits per heavy atom. The van der Waals surface area contributed by atoms with Crippen molar-refractivity contribution in [2.45, 2.75) is 6.18 Å². The van der Waals surface area contributed by atoms with Crippen LogP contribution in [0.15, 0.2) is 65.9 Å². The molecule has 4 aromatic rings. The number of hydrogen-bond acceptors (Lipinski definition) is 2. The lowest BCUT2D eigenvalue weighted by Gasteiger charge is -2.19. The van der Waals surface area contributed by atoms with Gasteiger partial charge in [-0.15, -0.1) is 0 Å². The summed E-state index contributed by atoms with van der Waals surface area (Å²) in [5.41, 5.74) is 5.24. The minimum atomic E-state index is -4.75. The molecule has 0 saturated heterocycles. The molecule has 0 aliphatic rings. The molecule has 0 amide bonds. The summed E-state index contributed by atoms with van der Waals surface area (Å²) in [6.07, 6.45) is -3.08. The molecule has 0 unspecified atom stereocenters. The maximum atomic E-state index is 14.0. The second-order valence-corrected chi connectivity index (χ2v) is 6.87. The maximum absolute atomic E-state index is 14.0. The summed E-state index contributed by atoms with van der Waals surface area (Å²) in [5.74, 6) is -2.48. The molecule has 0 fully saturated rings. The van der Waals surface area contributed by atoms with Crippen LogP contribution < -0.4 is 5.73 Å². The number of H-pyrrole nitrogens is 1. The molecule has 4 N–H and O–H groups in total. The first kappa shape index (κ1) is 20.4. The van der Waals surface area contributed by atoms with Crippen LogP contribution in [0.4, 0.5) is 22.0 Å². The molecule has 0 saturated carbocycles. The largest absolute Gasteiger partial charge is 0.416 e. The molecular formula is C22H14F5N3O. The van der Waals surface area contributed by atoms with Gasteiger partial charge in [0.1, 0.15) is 11.6 Å². The fourth-order valence-electron chi connectivity index (χ4n) is 3.51. The predicted molar refractivity (Wildman–Crippen MR) is 107 cm³/mol. The summed E-state index contributed by atoms with van der Waals surface area (Å²) < 4.78 is 68.8. The zero-order valence-electron chi connectivity index (χ0n) is 15.6. The highest BCUT2D eigenvalue weighted by Gasteiger charge is 2.33. The first-order valence-electron chi connectivity index (χ1n) is 8.94. The van der Waals surface area contributed by atoms with Crippen molar-refractivity contribution in [3.63, 3.8) is 0 Å². The van der Waals surface area contributed by atoms with E-state index in [-0.39, 0.29) is 22.3 Å². The smallest absolute Gasteiger partial charge is 0.409 e. The summed E-state index contributed by atoms with van der Waals surface area (Å²) in [6, 6.07) is 10.8. The fraction of sp³-hybridized carbons (Fsp3) is 0.0455. The van der Waals surface area contributed by atoms with E-state index in [1.165, 1.54) is 0 Å². The Bertz CT molecular complexity index is 1300. The van der Waals surface area contributed by atoms with Gasteiger partial charge in [0.15, 0.2) is 5.84 Å². The van der Waals surface area contributed by atoms with Crippen LogP contribution in [-0.2, 0) is 6.18 Å². The molecule has 1 aromatic heterocycles. The Balaban J connectivity index is 2.13. The molecule has 158 valence electrons. The molecule has 0 aliphatic carbocycles. The van der Waals surface area contributed by atoms with E-state index in [9.17, 15) is 22.0 Å². The van der Waals surface area contributed by atoms with Gasteiger partial charge in [-0.2, -0.15) is 13.2 Å². The van der Waals surface area contributed by atoms with Gasteiger partial charge >= 0.3 is 6.18 Å². The van der Waals surface area contributed by atoms with Crippen molar-refractivity contribution in [3.8, 4) is 22.3 Å². The summed E-state index contributed by atoms with van der Waals surface area (Å²) in [7, 11) is 0. The van der Waals surface area contributed by atoms with Crippen molar-refractivity contribution in [1.29, 1.82) is 0 Å². The number of oxime groups is 1. The average Bonchev–Trinajstić information content (AvgIpc) is 3.18. The Morgan fingerprint density at radius 2 is 1.61 bits per heavy atom. The number of nitrogens with zero attached hydrogens (tertiary/aromatic N) is 1. The Kier molecular flexibility index (Phi) is 4.88. The molecule has 3 aromatic carbocycles. The number of alkyl halides is 3. The maximum Gasteiger partial charge on any atom is 0.416 e. The number of halogens is 5. The Labute approximate surface area is 172 Å². The van der Waals surface area contributed by atoms with Crippen LogP contribution >= 0.6 is 0 Å². The van der Waals surface area contributed by atoms with E-state index in [1.54, 1.807) is 30.5 Å². The summed E-state index contributed by atoms with van der Waals surface area (Å²) in [4.78, 5) is 2.97. The number of aromatic nitrogens is 1. The van der Waals surface area contributed by atoms with E-state index in [0.29, 0.717) is 23.2 Å². The molecule has 0 radical (unpaired) electrons. The van der Waals surface area contributed by atoms with Gasteiger partial charge in [-0.05, 0) is 58.5 Å². The predicted octanol–water partition coefficient (Wildman–Crippen LogP) is 5.89. The van der Waals surface area contributed by atoms with Crippen molar-refractivity contribution < 1.29 is 27.2 Å². The molecule has 0 bridgehead atoms. The van der Waals surface area contributed by atoms with Gasteiger partial charge in [0.05, 0.1) is 5.56 Å². The Morgan fingerprint density at radius 3 is 2.26 bits per heavy atom. The highest BCUT2D eigenvalue weighted by molar-refractivity contribution is 6.07. The van der Waals surface area contributed by atoms with Crippen molar-refractivity contribution in [2.24, 2.45) is 10.9 Å². The van der Waals surface area contributed by atoms with Gasteiger partial charge < -0.3 is 15.9 Å². The minimum absolute atomic E-state index is 0.00685. The van der Waals surface area contributed by atoms with Crippen LogP contribution in [0.3, 0.4) is 0 Å². The molecule has 1 heterocycles. The standard InChI is InChI=1S/C22H14F5N3O/c23-15-5-13(6-16(24)10-15)20-17(12-2-1-11-3-4-29-19(11)7-12)8-14(22(25,26)27)9-18(20)21(28)30-31/h1-10,29,31H,(H2,28,30). The normalized spacial score (nSPS) is 12.5. The molecule has 31 heavy (non-hydrogen) atoms. The van der Waals surface area contributed by atoms with Gasteiger partial charge in [-0.3, -0.25) is 0 Å². The van der Waals surface area contributed by atoms with E-state index in [2.05, 4.69) is 10.1 Å². The number of benzene rings is 3. The molecule has 9 heteroatoms. The van der Waals surface area contributed by atoms with Gasteiger partial charge in [0.2, 0.25) is 0 Å². The van der Waals surface area contributed by atoms with Crippen molar-refractivity contribution in [3.05, 3.63) is 83.6 Å². The first-order chi connectivity index (χ1) is 14.7. The van der Waals surface area contributed by atoms with Gasteiger partial charge in [-0.1, -0.05) is 17.3 Å². The lowest BCUT2D eigenvalue weighted by Crippen LogP contribution is -2.17. The van der Waals surface area contributed by atoms with E-state index < -0.39 is 29.2 Å². The first-order valence-corrected chi connectivity index (χ1v) is 8.94. The van der Waals surface area contributed by atoms with Crippen LogP contribution in [0.25, 0.3) is 33.2 Å². The number of fused-ring (bicyclic) bond motifs is 1.